The molecular weight excluding hydrogens is 370 g/mol. The van der Waals surface area contributed by atoms with Crippen molar-refractivity contribution < 1.29 is 19.1 Å². The molecule has 3 rings (SSSR count). The van der Waals surface area contributed by atoms with E-state index >= 15 is 0 Å². The predicted octanol–water partition coefficient (Wildman–Crippen LogP) is 3.05. The topological polar surface area (TPSA) is 97.4 Å². The van der Waals surface area contributed by atoms with Crippen LogP contribution in [0.15, 0.2) is 72.9 Å². The summed E-state index contributed by atoms with van der Waals surface area (Å²) in [6, 6.07) is 18.8. The van der Waals surface area contributed by atoms with Gasteiger partial charge in [0.15, 0.2) is 0 Å². The molecule has 0 aliphatic heterocycles. The first kappa shape index (κ1) is 19.8. The number of esters is 1. The molecule has 2 aromatic carbocycles. The lowest BCUT2D eigenvalue weighted by molar-refractivity contribution is 0.0600. The highest BCUT2D eigenvalue weighted by molar-refractivity contribution is 6.05. The van der Waals surface area contributed by atoms with Gasteiger partial charge in [0.25, 0.3) is 11.8 Å². The predicted molar refractivity (Wildman–Crippen MR) is 108 cm³/mol. The Morgan fingerprint density at radius 2 is 1.62 bits per heavy atom. The summed E-state index contributed by atoms with van der Waals surface area (Å²) >= 11 is 0. The van der Waals surface area contributed by atoms with Gasteiger partial charge in [-0.1, -0.05) is 30.3 Å². The van der Waals surface area contributed by atoms with Gasteiger partial charge in [-0.15, -0.1) is 0 Å². The molecule has 0 atom stereocenters. The molecule has 7 nitrogen and oxygen atoms in total. The Hall–Kier alpha value is -4.00. The minimum Gasteiger partial charge on any atom is -0.465 e. The number of methoxy groups -OCH3 is 1. The van der Waals surface area contributed by atoms with Gasteiger partial charge in [-0.05, 0) is 42.0 Å². The molecular formula is C22H19N3O4. The van der Waals surface area contributed by atoms with Gasteiger partial charge in [0.1, 0.15) is 5.69 Å². The number of nitrogens with zero attached hydrogens (tertiary/aromatic N) is 1. The molecule has 2 amide bonds. The van der Waals surface area contributed by atoms with E-state index in [0.717, 1.165) is 5.56 Å². The van der Waals surface area contributed by atoms with Crippen LogP contribution in [0.2, 0.25) is 0 Å². The number of amides is 2. The molecule has 0 spiro atoms. The third-order valence-electron chi connectivity index (χ3n) is 4.11. The van der Waals surface area contributed by atoms with Crippen LogP contribution in [0.25, 0.3) is 0 Å². The number of pyridine rings is 1. The van der Waals surface area contributed by atoms with Crippen molar-refractivity contribution in [3.63, 3.8) is 0 Å². The highest BCUT2D eigenvalue weighted by atomic mass is 16.5. The van der Waals surface area contributed by atoms with E-state index in [4.69, 9.17) is 0 Å². The fraction of sp³-hybridized carbons (Fsp3) is 0.0909. The van der Waals surface area contributed by atoms with Crippen LogP contribution in [0, 0.1) is 0 Å². The largest absolute Gasteiger partial charge is 0.465 e. The monoisotopic (exact) mass is 389 g/mol. The fourth-order valence-corrected chi connectivity index (χ4v) is 2.58. The number of carbonyl (C=O) groups excluding carboxylic acids is 3. The summed E-state index contributed by atoms with van der Waals surface area (Å²) in [5, 5.41) is 5.49. The van der Waals surface area contributed by atoms with Crippen molar-refractivity contribution in [1.82, 2.24) is 10.3 Å². The summed E-state index contributed by atoms with van der Waals surface area (Å²) in [4.78, 5) is 40.3. The molecule has 0 saturated heterocycles. The van der Waals surface area contributed by atoms with Gasteiger partial charge in [0.2, 0.25) is 0 Å². The van der Waals surface area contributed by atoms with Crippen LogP contribution in [0.1, 0.15) is 36.8 Å². The number of aromatic nitrogens is 1. The second kappa shape index (κ2) is 9.27. The molecule has 0 aliphatic rings. The highest BCUT2D eigenvalue weighted by Gasteiger charge is 2.13. The Bertz CT molecular complexity index is 1020. The van der Waals surface area contributed by atoms with Gasteiger partial charge >= 0.3 is 5.97 Å². The molecule has 146 valence electrons. The lowest BCUT2D eigenvalue weighted by Crippen LogP contribution is -2.23. The average molecular weight is 389 g/mol. The first-order chi connectivity index (χ1) is 14.1. The molecule has 3 aromatic rings. The summed E-state index contributed by atoms with van der Waals surface area (Å²) in [7, 11) is 1.30. The third-order valence-corrected chi connectivity index (χ3v) is 4.11. The van der Waals surface area contributed by atoms with Crippen LogP contribution in [0.3, 0.4) is 0 Å². The first-order valence-corrected chi connectivity index (χ1v) is 8.85. The summed E-state index contributed by atoms with van der Waals surface area (Å²) in [6.45, 7) is 0.385. The van der Waals surface area contributed by atoms with E-state index in [0.29, 0.717) is 23.4 Å². The fourth-order valence-electron chi connectivity index (χ4n) is 2.58. The van der Waals surface area contributed by atoms with E-state index in [1.54, 1.807) is 30.3 Å². The Labute approximate surface area is 167 Å². The first-order valence-electron chi connectivity index (χ1n) is 8.85. The van der Waals surface area contributed by atoms with Crippen LogP contribution in [-0.4, -0.2) is 29.9 Å². The molecule has 1 heterocycles. The standard InChI is InChI=1S/C22H19N3O4/c1-29-22(28)16-7-9-18(10-8-16)25-21(27)19-13-17(11-12-23-19)20(26)24-14-15-5-3-2-4-6-15/h2-13H,14H2,1H3,(H,24,26)(H,25,27). The second-order valence-corrected chi connectivity index (χ2v) is 6.12. The minimum absolute atomic E-state index is 0.106. The van der Waals surface area contributed by atoms with Crippen molar-refractivity contribution in [2.75, 3.05) is 12.4 Å². The molecule has 0 fully saturated rings. The lowest BCUT2D eigenvalue weighted by atomic mass is 10.1. The Kier molecular flexibility index (Phi) is 6.32. The van der Waals surface area contributed by atoms with Crippen LogP contribution < -0.4 is 10.6 Å². The molecule has 0 saturated carbocycles. The van der Waals surface area contributed by atoms with Crippen LogP contribution >= 0.6 is 0 Å². The zero-order chi connectivity index (χ0) is 20.6. The van der Waals surface area contributed by atoms with Crippen molar-refractivity contribution >= 4 is 23.5 Å². The minimum atomic E-state index is -0.464. The maximum atomic E-state index is 12.4. The third kappa shape index (κ3) is 5.26. The van der Waals surface area contributed by atoms with Gasteiger partial charge in [-0.25, -0.2) is 4.79 Å². The van der Waals surface area contributed by atoms with Crippen LogP contribution in [0.4, 0.5) is 5.69 Å². The molecule has 7 heteroatoms. The Balaban J connectivity index is 1.64. The van der Waals surface area contributed by atoms with Crippen LogP contribution in [-0.2, 0) is 11.3 Å². The summed E-state index contributed by atoms with van der Waals surface area (Å²) in [5.74, 6) is -1.22. The lowest BCUT2D eigenvalue weighted by Gasteiger charge is -2.08. The van der Waals surface area contributed by atoms with Gasteiger partial charge in [0.05, 0.1) is 12.7 Å². The number of anilines is 1. The molecule has 2 N–H and O–H groups in total. The van der Waals surface area contributed by atoms with Crippen LogP contribution in [0.5, 0.6) is 0 Å². The van der Waals surface area contributed by atoms with Gasteiger partial charge in [-0.3, -0.25) is 14.6 Å². The maximum absolute atomic E-state index is 12.4. The molecule has 0 radical (unpaired) electrons. The molecule has 29 heavy (non-hydrogen) atoms. The smallest absolute Gasteiger partial charge is 0.337 e. The quantitative estimate of drug-likeness (QED) is 0.632. The van der Waals surface area contributed by atoms with E-state index in [-0.39, 0.29) is 11.6 Å². The van der Waals surface area contributed by atoms with E-state index in [2.05, 4.69) is 20.4 Å². The number of nitrogens with one attached hydrogen (secondary N) is 2. The normalized spacial score (nSPS) is 10.1. The number of carbonyl (C=O) groups is 3. The summed E-state index contributed by atoms with van der Waals surface area (Å²) in [5.41, 5.74) is 2.28. The molecule has 0 unspecified atom stereocenters. The number of rotatable bonds is 6. The number of benzene rings is 2. The molecule has 0 bridgehead atoms. The van der Waals surface area contributed by atoms with Crippen molar-refractivity contribution in [3.8, 4) is 0 Å². The van der Waals surface area contributed by atoms with E-state index in [9.17, 15) is 14.4 Å². The van der Waals surface area contributed by atoms with Gasteiger partial charge in [-0.2, -0.15) is 0 Å². The zero-order valence-corrected chi connectivity index (χ0v) is 15.7. The Morgan fingerprint density at radius 3 is 2.31 bits per heavy atom. The maximum Gasteiger partial charge on any atom is 0.337 e. The van der Waals surface area contributed by atoms with Crippen molar-refractivity contribution in [2.24, 2.45) is 0 Å². The van der Waals surface area contributed by atoms with E-state index in [1.807, 2.05) is 30.3 Å². The average Bonchev–Trinajstić information content (AvgIpc) is 2.78. The van der Waals surface area contributed by atoms with E-state index < -0.39 is 11.9 Å². The second-order valence-electron chi connectivity index (χ2n) is 6.12. The zero-order valence-electron chi connectivity index (χ0n) is 15.7. The molecule has 1 aromatic heterocycles. The molecule has 0 aliphatic carbocycles. The highest BCUT2D eigenvalue weighted by Crippen LogP contribution is 2.12. The van der Waals surface area contributed by atoms with Crippen molar-refractivity contribution in [1.29, 1.82) is 0 Å². The summed E-state index contributed by atoms with van der Waals surface area (Å²) < 4.78 is 4.64. The van der Waals surface area contributed by atoms with E-state index in [1.165, 1.54) is 19.4 Å². The Morgan fingerprint density at radius 1 is 0.897 bits per heavy atom. The van der Waals surface area contributed by atoms with Gasteiger partial charge in [0, 0.05) is 24.0 Å². The number of ether oxygens (including phenoxy) is 1. The summed E-state index contributed by atoms with van der Waals surface area (Å²) in [6.07, 6.45) is 1.41. The van der Waals surface area contributed by atoms with Crippen molar-refractivity contribution in [3.05, 3.63) is 95.3 Å². The number of hydrogen-bond acceptors (Lipinski definition) is 5. The van der Waals surface area contributed by atoms with Crippen molar-refractivity contribution in [2.45, 2.75) is 6.54 Å². The number of hydrogen-bond donors (Lipinski definition) is 2. The van der Waals surface area contributed by atoms with Gasteiger partial charge < -0.3 is 15.4 Å². The SMILES string of the molecule is COC(=O)c1ccc(NC(=O)c2cc(C(=O)NCc3ccccc3)ccn2)cc1.